The van der Waals surface area contributed by atoms with Gasteiger partial charge in [0, 0.05) is 12.8 Å². The van der Waals surface area contributed by atoms with Gasteiger partial charge in [-0.2, -0.15) is 0 Å². The Bertz CT molecular complexity index is 710. The molecule has 1 N–H and O–H groups in total. The molecule has 304 valence electrons. The lowest BCUT2D eigenvalue weighted by Gasteiger charge is -2.12. The third-order valence-electron chi connectivity index (χ3n) is 10.9. The number of aliphatic hydroxyl groups is 1. The van der Waals surface area contributed by atoms with Gasteiger partial charge >= 0.3 is 11.9 Å². The van der Waals surface area contributed by atoms with Gasteiger partial charge < -0.3 is 14.6 Å². The van der Waals surface area contributed by atoms with E-state index in [0.717, 1.165) is 31.6 Å². The predicted octanol–water partition coefficient (Wildman–Crippen LogP) is 14.5. The highest BCUT2D eigenvalue weighted by Crippen LogP contribution is 2.17. The van der Waals surface area contributed by atoms with Crippen molar-refractivity contribution in [1.29, 1.82) is 0 Å². The Labute approximate surface area is 319 Å². The van der Waals surface area contributed by atoms with Gasteiger partial charge in [0.2, 0.25) is 0 Å². The van der Waals surface area contributed by atoms with Crippen molar-refractivity contribution < 1.29 is 24.2 Å². The van der Waals surface area contributed by atoms with Gasteiger partial charge in [-0.1, -0.05) is 233 Å². The van der Waals surface area contributed by atoms with Crippen molar-refractivity contribution in [3.63, 3.8) is 0 Å². The number of carbonyl (C=O) groups excluding carboxylic acids is 2. The van der Waals surface area contributed by atoms with Crippen LogP contribution in [0.5, 0.6) is 0 Å². The maximum atomic E-state index is 12.0. The molecule has 5 nitrogen and oxygen atoms in total. The molecule has 0 radical (unpaired) electrons. The van der Waals surface area contributed by atoms with Gasteiger partial charge in [-0.25, -0.2) is 0 Å². The molecule has 0 rings (SSSR count). The van der Waals surface area contributed by atoms with Crippen molar-refractivity contribution in [2.75, 3.05) is 13.2 Å². The Balaban J connectivity index is 3.35. The van der Waals surface area contributed by atoms with E-state index in [4.69, 9.17) is 9.47 Å². The van der Waals surface area contributed by atoms with E-state index < -0.39 is 6.10 Å². The number of hydrogen-bond acceptors (Lipinski definition) is 5. The standard InChI is InChI=1S/C46H90O5/c1-4-6-7-8-9-10-11-12-17-21-24-27-30-33-36-39-45(48)50-41-44(47)42-51-46(49)40-37-34-31-28-25-22-19-16-14-13-15-18-20-23-26-29-32-35-38-43(3)5-2/h43-44,47H,4-42H2,1-3H3/t43?,44-/m0/s1. The van der Waals surface area contributed by atoms with Crippen LogP contribution in [0.1, 0.15) is 258 Å². The SMILES string of the molecule is CCCCCCCCCCCCCCCCCC(=O)OC[C@H](O)COC(=O)CCCCCCCCCCCCCCCCCCCCC(C)CC. The molecular formula is C46H90O5. The number of unbranched alkanes of at least 4 members (excludes halogenated alkanes) is 31. The van der Waals surface area contributed by atoms with E-state index in [1.54, 1.807) is 0 Å². The molecule has 0 fully saturated rings. The van der Waals surface area contributed by atoms with E-state index in [2.05, 4.69) is 20.8 Å². The fourth-order valence-electron chi connectivity index (χ4n) is 7.01. The van der Waals surface area contributed by atoms with Crippen LogP contribution in [-0.4, -0.2) is 36.4 Å². The van der Waals surface area contributed by atoms with Crippen LogP contribution in [0.2, 0.25) is 0 Å². The summed E-state index contributed by atoms with van der Waals surface area (Å²) < 4.78 is 10.4. The minimum atomic E-state index is -0.956. The van der Waals surface area contributed by atoms with Crippen LogP contribution in [0.3, 0.4) is 0 Å². The van der Waals surface area contributed by atoms with Crippen molar-refractivity contribution in [3.05, 3.63) is 0 Å². The van der Waals surface area contributed by atoms with Crippen LogP contribution in [0.25, 0.3) is 0 Å². The first-order chi connectivity index (χ1) is 25.0. The summed E-state index contributed by atoms with van der Waals surface area (Å²) >= 11 is 0. The van der Waals surface area contributed by atoms with E-state index in [-0.39, 0.29) is 25.2 Å². The largest absolute Gasteiger partial charge is 0.463 e. The van der Waals surface area contributed by atoms with E-state index >= 15 is 0 Å². The molecule has 0 spiro atoms. The Hall–Kier alpha value is -1.10. The number of hydrogen-bond donors (Lipinski definition) is 1. The average molecular weight is 723 g/mol. The van der Waals surface area contributed by atoms with E-state index in [9.17, 15) is 14.7 Å². The zero-order valence-electron chi connectivity index (χ0n) is 34.8. The van der Waals surface area contributed by atoms with E-state index in [1.165, 1.54) is 199 Å². The zero-order chi connectivity index (χ0) is 37.3. The maximum Gasteiger partial charge on any atom is 0.305 e. The van der Waals surface area contributed by atoms with Gasteiger partial charge in [-0.3, -0.25) is 9.59 Å². The average Bonchev–Trinajstić information content (AvgIpc) is 3.13. The molecule has 0 aliphatic rings. The number of ether oxygens (including phenoxy) is 2. The quantitative estimate of drug-likeness (QED) is 0.0501. The van der Waals surface area contributed by atoms with Crippen LogP contribution in [0.15, 0.2) is 0 Å². The van der Waals surface area contributed by atoms with Gasteiger partial charge in [0.15, 0.2) is 0 Å². The number of aliphatic hydroxyl groups excluding tert-OH is 1. The monoisotopic (exact) mass is 723 g/mol. The third kappa shape index (κ3) is 41.5. The van der Waals surface area contributed by atoms with Crippen molar-refractivity contribution >= 4 is 11.9 Å². The van der Waals surface area contributed by atoms with Gasteiger partial charge in [0.1, 0.15) is 19.3 Å². The van der Waals surface area contributed by atoms with Crippen molar-refractivity contribution in [2.24, 2.45) is 5.92 Å². The molecule has 0 aromatic heterocycles. The lowest BCUT2D eigenvalue weighted by Crippen LogP contribution is -2.25. The number of carbonyl (C=O) groups is 2. The first kappa shape index (κ1) is 49.9. The van der Waals surface area contributed by atoms with Crippen molar-refractivity contribution in [1.82, 2.24) is 0 Å². The van der Waals surface area contributed by atoms with E-state index in [1.807, 2.05) is 0 Å². The van der Waals surface area contributed by atoms with Gasteiger partial charge in [0.05, 0.1) is 0 Å². The summed E-state index contributed by atoms with van der Waals surface area (Å²) in [4.78, 5) is 24.0. The van der Waals surface area contributed by atoms with E-state index in [0.29, 0.717) is 12.8 Å². The molecule has 0 aliphatic heterocycles. The fourth-order valence-corrected chi connectivity index (χ4v) is 7.01. The second kappa shape index (κ2) is 41.7. The summed E-state index contributed by atoms with van der Waals surface area (Å²) in [6, 6.07) is 0. The Morgan fingerprint density at radius 2 is 0.667 bits per heavy atom. The van der Waals surface area contributed by atoms with Crippen LogP contribution in [-0.2, 0) is 19.1 Å². The third-order valence-corrected chi connectivity index (χ3v) is 10.9. The van der Waals surface area contributed by atoms with Gasteiger partial charge in [-0.15, -0.1) is 0 Å². The normalized spacial score (nSPS) is 12.6. The van der Waals surface area contributed by atoms with Gasteiger partial charge in [0.25, 0.3) is 0 Å². The highest BCUT2D eigenvalue weighted by molar-refractivity contribution is 5.69. The summed E-state index contributed by atoms with van der Waals surface area (Å²) in [5.41, 5.74) is 0. The first-order valence-corrected chi connectivity index (χ1v) is 23.0. The summed E-state index contributed by atoms with van der Waals surface area (Å²) in [6.45, 7) is 6.75. The molecule has 0 heterocycles. The maximum absolute atomic E-state index is 12.0. The molecule has 0 saturated carbocycles. The Kier molecular flexibility index (Phi) is 40.8. The summed E-state index contributed by atoms with van der Waals surface area (Å²) in [6.07, 6.45) is 45.9. The van der Waals surface area contributed by atoms with Crippen molar-refractivity contribution in [3.8, 4) is 0 Å². The summed E-state index contributed by atoms with van der Waals surface area (Å²) in [7, 11) is 0. The lowest BCUT2D eigenvalue weighted by atomic mass is 9.99. The minimum absolute atomic E-state index is 0.107. The van der Waals surface area contributed by atoms with Crippen LogP contribution >= 0.6 is 0 Å². The molecule has 0 bridgehead atoms. The highest BCUT2D eigenvalue weighted by atomic mass is 16.6. The number of rotatable bonds is 42. The van der Waals surface area contributed by atoms with Crippen LogP contribution < -0.4 is 0 Å². The molecule has 0 aliphatic carbocycles. The molecule has 5 heteroatoms. The molecular weight excluding hydrogens is 633 g/mol. The fraction of sp³-hybridized carbons (Fsp3) is 0.957. The highest BCUT2D eigenvalue weighted by Gasteiger charge is 2.12. The van der Waals surface area contributed by atoms with Crippen LogP contribution in [0.4, 0.5) is 0 Å². The second-order valence-electron chi connectivity index (χ2n) is 16.1. The van der Waals surface area contributed by atoms with Gasteiger partial charge in [-0.05, 0) is 18.8 Å². The molecule has 0 saturated heterocycles. The molecule has 1 unspecified atom stereocenters. The van der Waals surface area contributed by atoms with Crippen LogP contribution in [0, 0.1) is 5.92 Å². The lowest BCUT2D eigenvalue weighted by molar-refractivity contribution is -0.152. The van der Waals surface area contributed by atoms with Crippen molar-refractivity contribution in [2.45, 2.75) is 264 Å². The Morgan fingerprint density at radius 1 is 0.412 bits per heavy atom. The first-order valence-electron chi connectivity index (χ1n) is 23.0. The summed E-state index contributed by atoms with van der Waals surface area (Å²) in [5, 5.41) is 10.0. The minimum Gasteiger partial charge on any atom is -0.463 e. The number of esters is 2. The Morgan fingerprint density at radius 3 is 0.941 bits per heavy atom. The molecule has 51 heavy (non-hydrogen) atoms. The topological polar surface area (TPSA) is 72.8 Å². The smallest absolute Gasteiger partial charge is 0.305 e. The molecule has 0 aromatic rings. The zero-order valence-corrected chi connectivity index (χ0v) is 34.8. The summed E-state index contributed by atoms with van der Waals surface area (Å²) in [5.74, 6) is 0.370. The molecule has 0 amide bonds. The second-order valence-corrected chi connectivity index (χ2v) is 16.1. The molecule has 2 atom stereocenters. The molecule has 0 aromatic carbocycles. The predicted molar refractivity (Wildman–Crippen MR) is 219 cm³/mol.